The number of carbonyl (C=O) groups is 1. The first-order valence-electron chi connectivity index (χ1n) is 8.16. The fourth-order valence-electron chi connectivity index (χ4n) is 3.95. The van der Waals surface area contributed by atoms with E-state index in [-0.39, 0.29) is 12.1 Å². The first-order valence-corrected chi connectivity index (χ1v) is 8.16. The number of aryl methyl sites for hydroxylation is 2. The van der Waals surface area contributed by atoms with Crippen molar-refractivity contribution in [2.75, 3.05) is 13.1 Å². The molecule has 21 heavy (non-hydrogen) atoms. The largest absolute Gasteiger partial charge is 0.336 e. The van der Waals surface area contributed by atoms with Crippen LogP contribution in [0.15, 0.2) is 18.2 Å². The van der Waals surface area contributed by atoms with Gasteiger partial charge in [0, 0.05) is 19.1 Å². The van der Waals surface area contributed by atoms with E-state index in [1.807, 2.05) is 18.7 Å². The minimum Gasteiger partial charge on any atom is -0.336 e. The van der Waals surface area contributed by atoms with Crippen LogP contribution in [0.4, 0.5) is 4.79 Å². The molecule has 1 aliphatic carbocycles. The Morgan fingerprint density at radius 2 is 1.95 bits per heavy atom. The van der Waals surface area contributed by atoms with Crippen LogP contribution >= 0.6 is 0 Å². The summed E-state index contributed by atoms with van der Waals surface area (Å²) in [5, 5.41) is 3.01. The summed E-state index contributed by atoms with van der Waals surface area (Å²) in [6, 6.07) is 7.23. The van der Waals surface area contributed by atoms with Gasteiger partial charge in [-0.05, 0) is 63.0 Å². The summed E-state index contributed by atoms with van der Waals surface area (Å²) >= 11 is 0. The van der Waals surface area contributed by atoms with Crippen LogP contribution in [-0.2, 0) is 11.8 Å². The van der Waals surface area contributed by atoms with Crippen molar-refractivity contribution < 1.29 is 4.79 Å². The highest BCUT2D eigenvalue weighted by molar-refractivity contribution is 5.74. The van der Waals surface area contributed by atoms with Crippen LogP contribution < -0.4 is 5.32 Å². The zero-order valence-electron chi connectivity index (χ0n) is 13.4. The standard InChI is InChI=1S/C18H26N2O/c1-13(2)19-17(21)20-10-8-18(9-11-20)7-6-15-12-14(3)4-5-16(15)18/h4-5,12-13H,6-11H2,1-3H3,(H,19,21). The number of urea groups is 1. The highest BCUT2D eigenvalue weighted by Gasteiger charge is 2.41. The van der Waals surface area contributed by atoms with Crippen LogP contribution in [-0.4, -0.2) is 30.1 Å². The van der Waals surface area contributed by atoms with Crippen molar-refractivity contribution in [3.8, 4) is 0 Å². The molecule has 2 amide bonds. The molecule has 1 spiro atoms. The molecule has 1 fully saturated rings. The highest BCUT2D eigenvalue weighted by Crippen LogP contribution is 2.46. The van der Waals surface area contributed by atoms with Crippen molar-refractivity contribution >= 4 is 6.03 Å². The molecule has 1 N–H and O–H groups in total. The normalized spacial score (nSPS) is 19.9. The quantitative estimate of drug-likeness (QED) is 0.843. The lowest BCUT2D eigenvalue weighted by atomic mass is 9.74. The van der Waals surface area contributed by atoms with Crippen molar-refractivity contribution in [1.82, 2.24) is 10.2 Å². The summed E-state index contributed by atoms with van der Waals surface area (Å²) in [6.07, 6.45) is 4.67. The van der Waals surface area contributed by atoms with Gasteiger partial charge in [-0.1, -0.05) is 23.8 Å². The summed E-state index contributed by atoms with van der Waals surface area (Å²) in [5.41, 5.74) is 4.78. The third-order valence-electron chi connectivity index (χ3n) is 5.12. The average molecular weight is 286 g/mol. The fraction of sp³-hybridized carbons (Fsp3) is 0.611. The number of benzene rings is 1. The smallest absolute Gasteiger partial charge is 0.317 e. The number of carbonyl (C=O) groups excluding carboxylic acids is 1. The molecule has 3 rings (SSSR count). The monoisotopic (exact) mass is 286 g/mol. The van der Waals surface area contributed by atoms with E-state index in [1.54, 1.807) is 5.56 Å². The van der Waals surface area contributed by atoms with Gasteiger partial charge in [0.2, 0.25) is 0 Å². The Bertz CT molecular complexity index is 542. The van der Waals surface area contributed by atoms with Gasteiger partial charge in [-0.15, -0.1) is 0 Å². The fourth-order valence-corrected chi connectivity index (χ4v) is 3.95. The van der Waals surface area contributed by atoms with Crippen LogP contribution in [0.3, 0.4) is 0 Å². The highest BCUT2D eigenvalue weighted by atomic mass is 16.2. The van der Waals surface area contributed by atoms with Gasteiger partial charge >= 0.3 is 6.03 Å². The zero-order chi connectivity index (χ0) is 15.0. The van der Waals surface area contributed by atoms with Gasteiger partial charge < -0.3 is 10.2 Å². The second-order valence-electron chi connectivity index (χ2n) is 7.03. The maximum Gasteiger partial charge on any atom is 0.317 e. The summed E-state index contributed by atoms with van der Waals surface area (Å²) in [7, 11) is 0. The number of piperidine rings is 1. The van der Waals surface area contributed by atoms with E-state index in [9.17, 15) is 4.79 Å². The molecule has 0 radical (unpaired) electrons. The third-order valence-corrected chi connectivity index (χ3v) is 5.12. The number of fused-ring (bicyclic) bond motifs is 2. The van der Waals surface area contributed by atoms with Crippen LogP contribution in [0.1, 0.15) is 49.8 Å². The van der Waals surface area contributed by atoms with Crippen molar-refractivity contribution in [2.24, 2.45) is 0 Å². The van der Waals surface area contributed by atoms with Gasteiger partial charge in [0.25, 0.3) is 0 Å². The van der Waals surface area contributed by atoms with Gasteiger partial charge in [-0.2, -0.15) is 0 Å². The topological polar surface area (TPSA) is 32.3 Å². The molecule has 3 nitrogen and oxygen atoms in total. The van der Waals surface area contributed by atoms with E-state index >= 15 is 0 Å². The van der Waals surface area contributed by atoms with E-state index in [1.165, 1.54) is 24.0 Å². The van der Waals surface area contributed by atoms with E-state index in [4.69, 9.17) is 0 Å². The molecule has 1 heterocycles. The van der Waals surface area contributed by atoms with Crippen molar-refractivity contribution in [3.63, 3.8) is 0 Å². The maximum absolute atomic E-state index is 12.1. The van der Waals surface area contributed by atoms with Crippen LogP contribution in [0.5, 0.6) is 0 Å². The molecular formula is C18H26N2O. The number of hydrogen-bond acceptors (Lipinski definition) is 1. The molecule has 0 saturated carbocycles. The predicted octanol–water partition coefficient (Wildman–Crippen LogP) is 3.39. The number of rotatable bonds is 1. The summed E-state index contributed by atoms with van der Waals surface area (Å²) in [5.74, 6) is 0. The summed E-state index contributed by atoms with van der Waals surface area (Å²) < 4.78 is 0. The minimum atomic E-state index is 0.0991. The molecule has 0 atom stereocenters. The Morgan fingerprint density at radius 3 is 2.62 bits per heavy atom. The van der Waals surface area contributed by atoms with Crippen LogP contribution in [0.25, 0.3) is 0 Å². The van der Waals surface area contributed by atoms with Crippen molar-refractivity contribution in [2.45, 2.75) is 57.9 Å². The van der Waals surface area contributed by atoms with Crippen LogP contribution in [0.2, 0.25) is 0 Å². The molecule has 1 aliphatic heterocycles. The molecule has 1 aromatic rings. The Kier molecular flexibility index (Phi) is 3.68. The third kappa shape index (κ3) is 2.66. The van der Waals surface area contributed by atoms with Gasteiger partial charge in [-0.3, -0.25) is 0 Å². The van der Waals surface area contributed by atoms with Gasteiger partial charge in [-0.25, -0.2) is 4.79 Å². The van der Waals surface area contributed by atoms with Crippen molar-refractivity contribution in [1.29, 1.82) is 0 Å². The predicted molar refractivity (Wildman–Crippen MR) is 85.7 cm³/mol. The molecule has 0 bridgehead atoms. The number of nitrogens with zero attached hydrogens (tertiary/aromatic N) is 1. The van der Waals surface area contributed by atoms with Crippen LogP contribution in [0, 0.1) is 6.92 Å². The molecule has 1 saturated heterocycles. The van der Waals surface area contributed by atoms with Gasteiger partial charge in [0.1, 0.15) is 0 Å². The molecule has 114 valence electrons. The lowest BCUT2D eigenvalue weighted by molar-refractivity contribution is 0.155. The molecular weight excluding hydrogens is 260 g/mol. The number of hydrogen-bond donors (Lipinski definition) is 1. The lowest BCUT2D eigenvalue weighted by Crippen LogP contribution is -2.49. The Labute approximate surface area is 127 Å². The van der Waals surface area contributed by atoms with Gasteiger partial charge in [0.05, 0.1) is 0 Å². The Morgan fingerprint density at radius 1 is 1.24 bits per heavy atom. The zero-order valence-corrected chi connectivity index (χ0v) is 13.4. The van der Waals surface area contributed by atoms with E-state index in [2.05, 4.69) is 30.4 Å². The molecule has 1 aromatic carbocycles. The molecule has 0 unspecified atom stereocenters. The lowest BCUT2D eigenvalue weighted by Gasteiger charge is -2.40. The first-order chi connectivity index (χ1) is 10.00. The second-order valence-corrected chi connectivity index (χ2v) is 7.03. The number of amides is 2. The van der Waals surface area contributed by atoms with Gasteiger partial charge in [0.15, 0.2) is 0 Å². The van der Waals surface area contributed by atoms with E-state index in [0.717, 1.165) is 25.9 Å². The maximum atomic E-state index is 12.1. The minimum absolute atomic E-state index is 0.0991. The Hall–Kier alpha value is -1.51. The molecule has 0 aromatic heterocycles. The second kappa shape index (κ2) is 5.36. The first kappa shape index (κ1) is 14.4. The molecule has 3 heteroatoms. The Balaban J connectivity index is 1.71. The number of nitrogens with one attached hydrogen (secondary N) is 1. The van der Waals surface area contributed by atoms with E-state index in [0.29, 0.717) is 5.41 Å². The number of likely N-dealkylation sites (tertiary alicyclic amines) is 1. The summed E-state index contributed by atoms with van der Waals surface area (Å²) in [4.78, 5) is 14.1. The average Bonchev–Trinajstić information content (AvgIpc) is 2.77. The van der Waals surface area contributed by atoms with E-state index < -0.39 is 0 Å². The molecule has 2 aliphatic rings. The summed E-state index contributed by atoms with van der Waals surface area (Å²) in [6.45, 7) is 7.96. The van der Waals surface area contributed by atoms with Crippen molar-refractivity contribution in [3.05, 3.63) is 34.9 Å². The SMILES string of the molecule is Cc1ccc2c(c1)CCC21CCN(C(=O)NC(C)C)CC1.